The fourth-order valence-corrected chi connectivity index (χ4v) is 4.55. The summed E-state index contributed by atoms with van der Waals surface area (Å²) in [5.41, 5.74) is 0.531. The Morgan fingerprint density at radius 1 is 1.26 bits per heavy atom. The molecule has 0 saturated carbocycles. The molecule has 0 aliphatic carbocycles. The number of hydrogen-bond acceptors (Lipinski definition) is 5. The lowest BCUT2D eigenvalue weighted by molar-refractivity contribution is -0.898. The van der Waals surface area contributed by atoms with E-state index in [0.29, 0.717) is 31.5 Å². The Hall–Kier alpha value is -2.23. The zero-order valence-corrected chi connectivity index (χ0v) is 17.6. The number of Topliss-reactive ketones (excluding diaryl/α,β-unsaturated/α-hetero) is 2. The van der Waals surface area contributed by atoms with Gasteiger partial charge in [0.05, 0.1) is 26.6 Å². The fraction of sp³-hybridized carbons (Fsp3) is 0.545. The number of carbonyl (C=O) groups is 2. The standard InChI is InChI=1S/C22H28F3N2O4/c1-27(16-8-10-26(11-9-16)13-20(29)22(23,24)25)14-19(31-2)21(30)17(27)12-18(28)15-6-4-3-5-7-15/h3-7,14,16-17,20,29H,8-13H2,1-2H3/q+1. The van der Waals surface area contributed by atoms with Crippen molar-refractivity contribution in [1.29, 1.82) is 0 Å². The Kier molecular flexibility index (Phi) is 6.88. The molecule has 1 aromatic rings. The Bertz CT molecular complexity index is 835. The number of likely N-dealkylation sites (N-methyl/N-ethyl adjacent to an activating group) is 1. The first-order valence-corrected chi connectivity index (χ1v) is 10.3. The zero-order chi connectivity index (χ0) is 22.8. The van der Waals surface area contributed by atoms with Crippen LogP contribution in [0.1, 0.15) is 29.6 Å². The molecule has 0 spiro atoms. The number of halogens is 3. The molecule has 0 aromatic heterocycles. The molecular formula is C22H28F3N2O4+. The van der Waals surface area contributed by atoms with Gasteiger partial charge in [0, 0.05) is 38.0 Å². The summed E-state index contributed by atoms with van der Waals surface area (Å²) in [6.45, 7) is 0.276. The van der Waals surface area contributed by atoms with Gasteiger partial charge in [0.1, 0.15) is 6.20 Å². The number of alkyl halides is 3. The maximum absolute atomic E-state index is 13.0. The minimum Gasteiger partial charge on any atom is -0.489 e. The number of piperidine rings is 1. The van der Waals surface area contributed by atoms with Crippen LogP contribution in [0.25, 0.3) is 0 Å². The van der Waals surface area contributed by atoms with Crippen LogP contribution < -0.4 is 0 Å². The molecule has 3 rings (SSSR count). The molecule has 2 aliphatic rings. The number of benzene rings is 1. The van der Waals surface area contributed by atoms with Crippen LogP contribution in [0.15, 0.2) is 42.3 Å². The highest BCUT2D eigenvalue weighted by Crippen LogP contribution is 2.36. The highest BCUT2D eigenvalue weighted by molar-refractivity contribution is 6.04. The number of quaternary nitrogens is 1. The van der Waals surface area contributed by atoms with Crippen molar-refractivity contribution in [2.24, 2.45) is 0 Å². The molecule has 6 nitrogen and oxygen atoms in total. The van der Waals surface area contributed by atoms with Gasteiger partial charge in [0.2, 0.25) is 5.76 Å². The number of β-amino-alcohol motifs (C(OH)–C–C–N with tert-alkyl or cyclic N) is 1. The van der Waals surface area contributed by atoms with Crippen molar-refractivity contribution in [3.8, 4) is 0 Å². The molecule has 2 heterocycles. The number of methoxy groups -OCH3 is 1. The van der Waals surface area contributed by atoms with Crippen molar-refractivity contribution in [3.05, 3.63) is 47.9 Å². The van der Waals surface area contributed by atoms with Crippen molar-refractivity contribution in [1.82, 2.24) is 4.90 Å². The van der Waals surface area contributed by atoms with E-state index in [9.17, 15) is 27.9 Å². The van der Waals surface area contributed by atoms with Gasteiger partial charge in [0.15, 0.2) is 17.9 Å². The summed E-state index contributed by atoms with van der Waals surface area (Å²) in [5, 5.41) is 9.34. The minimum absolute atomic E-state index is 0.0235. The predicted octanol–water partition coefficient (Wildman–Crippen LogP) is 2.53. The highest BCUT2D eigenvalue weighted by Gasteiger charge is 2.52. The summed E-state index contributed by atoms with van der Waals surface area (Å²) in [4.78, 5) is 27.3. The number of carbonyl (C=O) groups excluding carboxylic acids is 2. The lowest BCUT2D eigenvalue weighted by Crippen LogP contribution is -2.59. The van der Waals surface area contributed by atoms with E-state index < -0.39 is 24.9 Å². The molecule has 3 unspecified atom stereocenters. The number of ether oxygens (including phenoxy) is 1. The summed E-state index contributed by atoms with van der Waals surface area (Å²) in [5.74, 6) is -0.160. The van der Waals surface area contributed by atoms with Gasteiger partial charge in [-0.05, 0) is 0 Å². The lowest BCUT2D eigenvalue weighted by Gasteiger charge is -2.44. The van der Waals surface area contributed by atoms with Gasteiger partial charge >= 0.3 is 6.18 Å². The molecular weight excluding hydrogens is 413 g/mol. The second-order valence-corrected chi connectivity index (χ2v) is 8.38. The summed E-state index contributed by atoms with van der Waals surface area (Å²) >= 11 is 0. The predicted molar refractivity (Wildman–Crippen MR) is 107 cm³/mol. The second kappa shape index (κ2) is 9.10. The first kappa shape index (κ1) is 23.4. The number of aliphatic hydroxyl groups is 1. The van der Waals surface area contributed by atoms with Crippen LogP contribution in [0.5, 0.6) is 0 Å². The monoisotopic (exact) mass is 441 g/mol. The third kappa shape index (κ3) is 4.99. The fourth-order valence-electron chi connectivity index (χ4n) is 4.55. The molecule has 170 valence electrons. The van der Waals surface area contributed by atoms with Crippen LogP contribution in [0.3, 0.4) is 0 Å². The molecule has 1 N–H and O–H groups in total. The summed E-state index contributed by atoms with van der Waals surface area (Å²) in [6.07, 6.45) is -4.18. The molecule has 9 heteroatoms. The van der Waals surface area contributed by atoms with E-state index in [1.807, 2.05) is 13.1 Å². The summed E-state index contributed by atoms with van der Waals surface area (Å²) < 4.78 is 43.4. The zero-order valence-electron chi connectivity index (χ0n) is 17.6. The Morgan fingerprint density at radius 3 is 2.42 bits per heavy atom. The number of hydrogen-bond donors (Lipinski definition) is 1. The number of aliphatic hydroxyl groups excluding tert-OH is 1. The van der Waals surface area contributed by atoms with Gasteiger partial charge in [-0.2, -0.15) is 13.2 Å². The van der Waals surface area contributed by atoms with Gasteiger partial charge in [0.25, 0.3) is 5.78 Å². The van der Waals surface area contributed by atoms with Gasteiger partial charge in [-0.1, -0.05) is 30.3 Å². The van der Waals surface area contributed by atoms with Crippen molar-refractivity contribution in [2.45, 2.75) is 43.6 Å². The number of ketones is 2. The van der Waals surface area contributed by atoms with Crippen molar-refractivity contribution in [3.63, 3.8) is 0 Å². The Morgan fingerprint density at radius 2 is 1.87 bits per heavy atom. The van der Waals surface area contributed by atoms with Crippen LogP contribution in [0, 0.1) is 0 Å². The average molecular weight is 441 g/mol. The Labute approximate surface area is 179 Å². The van der Waals surface area contributed by atoms with E-state index in [2.05, 4.69) is 0 Å². The topological polar surface area (TPSA) is 66.8 Å². The van der Waals surface area contributed by atoms with Gasteiger partial charge < -0.3 is 9.84 Å². The van der Waals surface area contributed by atoms with E-state index in [0.717, 1.165) is 0 Å². The van der Waals surface area contributed by atoms with E-state index in [-0.39, 0.29) is 34.3 Å². The van der Waals surface area contributed by atoms with Crippen LogP contribution in [-0.2, 0) is 9.53 Å². The number of rotatable bonds is 7. The van der Waals surface area contributed by atoms with Gasteiger partial charge in [-0.15, -0.1) is 0 Å². The highest BCUT2D eigenvalue weighted by atomic mass is 19.4. The van der Waals surface area contributed by atoms with Gasteiger partial charge in [-0.3, -0.25) is 19.0 Å². The second-order valence-electron chi connectivity index (χ2n) is 8.38. The quantitative estimate of drug-likeness (QED) is 0.520. The number of likely N-dealkylation sites (tertiary alicyclic amines) is 1. The molecule has 1 aromatic carbocycles. The van der Waals surface area contributed by atoms with Crippen molar-refractivity contribution in [2.75, 3.05) is 33.8 Å². The third-order valence-electron chi connectivity index (χ3n) is 6.46. The molecule has 1 saturated heterocycles. The van der Waals surface area contributed by atoms with E-state index >= 15 is 0 Å². The van der Waals surface area contributed by atoms with Crippen LogP contribution in [0.2, 0.25) is 0 Å². The molecule has 2 aliphatic heterocycles. The largest absolute Gasteiger partial charge is 0.489 e. The summed E-state index contributed by atoms with van der Waals surface area (Å²) in [6, 6.07) is 8.07. The molecule has 31 heavy (non-hydrogen) atoms. The van der Waals surface area contributed by atoms with Gasteiger partial charge in [-0.25, -0.2) is 0 Å². The number of nitrogens with zero attached hydrogens (tertiary/aromatic N) is 2. The molecule has 1 fully saturated rings. The smallest absolute Gasteiger partial charge is 0.415 e. The lowest BCUT2D eigenvalue weighted by atomic mass is 9.94. The van der Waals surface area contributed by atoms with E-state index in [1.165, 1.54) is 7.11 Å². The van der Waals surface area contributed by atoms with Crippen LogP contribution in [-0.4, -0.2) is 84.2 Å². The van der Waals surface area contributed by atoms with Crippen LogP contribution >= 0.6 is 0 Å². The molecule has 0 radical (unpaired) electrons. The third-order valence-corrected chi connectivity index (χ3v) is 6.46. The van der Waals surface area contributed by atoms with Crippen molar-refractivity contribution >= 4 is 11.6 Å². The van der Waals surface area contributed by atoms with E-state index in [4.69, 9.17) is 4.74 Å². The first-order chi connectivity index (χ1) is 14.6. The van der Waals surface area contributed by atoms with Crippen LogP contribution in [0.4, 0.5) is 13.2 Å². The maximum atomic E-state index is 13.0. The molecule has 3 atom stereocenters. The summed E-state index contributed by atoms with van der Waals surface area (Å²) in [7, 11) is 3.29. The minimum atomic E-state index is -4.64. The maximum Gasteiger partial charge on any atom is 0.415 e. The van der Waals surface area contributed by atoms with Crippen molar-refractivity contribution < 1.29 is 37.1 Å². The normalized spacial score (nSPS) is 26.6. The Balaban J connectivity index is 1.72. The first-order valence-electron chi connectivity index (χ1n) is 10.3. The molecule has 0 amide bonds. The SMILES string of the molecule is COC1=C[N+](C)(C2CCN(CC(O)C(F)(F)F)CC2)C(CC(=O)c2ccccc2)C1=O. The average Bonchev–Trinajstić information content (AvgIpc) is 2.99. The van der Waals surface area contributed by atoms with E-state index in [1.54, 1.807) is 35.4 Å². The molecule has 0 bridgehead atoms.